The van der Waals surface area contributed by atoms with Gasteiger partial charge < -0.3 is 5.73 Å². The molecular weight excluding hydrogens is 264 g/mol. The van der Waals surface area contributed by atoms with E-state index in [4.69, 9.17) is 5.73 Å². The van der Waals surface area contributed by atoms with E-state index in [2.05, 4.69) is 9.82 Å². The summed E-state index contributed by atoms with van der Waals surface area (Å²) in [6, 6.07) is 4.98. The van der Waals surface area contributed by atoms with Crippen LogP contribution in [0.3, 0.4) is 0 Å². The molecule has 6 nitrogen and oxygen atoms in total. The Kier molecular flexibility index (Phi) is 3.23. The second-order valence-corrected chi connectivity index (χ2v) is 5.99. The first-order valence-electron chi connectivity index (χ1n) is 5.69. The molecule has 1 aromatic heterocycles. The van der Waals surface area contributed by atoms with E-state index in [-0.39, 0.29) is 10.6 Å². The molecule has 2 aromatic rings. The molecule has 2 rings (SSSR count). The van der Waals surface area contributed by atoms with E-state index in [1.54, 1.807) is 32.2 Å². The standard InChI is InChI=1S/C12H16N4O2S/c1-8-4-5-10(13)12(9(8)2)19(17,18)15-11-6-7-14-16(11)3/h4-7,15H,13H2,1-3H3. The van der Waals surface area contributed by atoms with E-state index in [0.717, 1.165) is 5.56 Å². The van der Waals surface area contributed by atoms with Gasteiger partial charge in [-0.05, 0) is 31.0 Å². The van der Waals surface area contributed by atoms with Crippen LogP contribution in [0.15, 0.2) is 29.3 Å². The van der Waals surface area contributed by atoms with Gasteiger partial charge in [0.05, 0.1) is 11.9 Å². The molecule has 0 aliphatic heterocycles. The molecule has 0 aliphatic rings. The van der Waals surface area contributed by atoms with Crippen molar-refractivity contribution in [2.24, 2.45) is 7.05 Å². The number of nitrogen functional groups attached to an aromatic ring is 1. The van der Waals surface area contributed by atoms with Crippen molar-refractivity contribution in [1.29, 1.82) is 0 Å². The lowest BCUT2D eigenvalue weighted by Gasteiger charge is -2.14. The molecule has 1 aromatic carbocycles. The highest BCUT2D eigenvalue weighted by molar-refractivity contribution is 7.93. The molecule has 0 radical (unpaired) electrons. The summed E-state index contributed by atoms with van der Waals surface area (Å²) in [5.41, 5.74) is 7.56. The predicted octanol–water partition coefficient (Wildman–Crippen LogP) is 1.42. The topological polar surface area (TPSA) is 90.0 Å². The van der Waals surface area contributed by atoms with Gasteiger partial charge in [0.25, 0.3) is 10.0 Å². The number of hydrogen-bond acceptors (Lipinski definition) is 4. The van der Waals surface area contributed by atoms with Gasteiger partial charge in [0, 0.05) is 13.1 Å². The highest BCUT2D eigenvalue weighted by Crippen LogP contribution is 2.27. The van der Waals surface area contributed by atoms with Crippen molar-refractivity contribution >= 4 is 21.5 Å². The third-order valence-corrected chi connectivity index (χ3v) is 4.59. The van der Waals surface area contributed by atoms with Crippen molar-refractivity contribution in [1.82, 2.24) is 9.78 Å². The predicted molar refractivity (Wildman–Crippen MR) is 74.3 cm³/mol. The molecule has 102 valence electrons. The van der Waals surface area contributed by atoms with Crippen LogP contribution in [-0.4, -0.2) is 18.2 Å². The number of rotatable bonds is 3. The fraction of sp³-hybridized carbons (Fsp3) is 0.250. The molecule has 19 heavy (non-hydrogen) atoms. The average molecular weight is 280 g/mol. The second kappa shape index (κ2) is 4.58. The zero-order valence-electron chi connectivity index (χ0n) is 11.0. The summed E-state index contributed by atoms with van der Waals surface area (Å²) in [5.74, 6) is 0.389. The van der Waals surface area contributed by atoms with Gasteiger partial charge in [0.1, 0.15) is 10.7 Å². The molecule has 0 unspecified atom stereocenters. The van der Waals surface area contributed by atoms with Gasteiger partial charge in [-0.1, -0.05) is 6.07 Å². The van der Waals surface area contributed by atoms with Gasteiger partial charge in [0.15, 0.2) is 0 Å². The smallest absolute Gasteiger partial charge is 0.265 e. The van der Waals surface area contributed by atoms with E-state index in [9.17, 15) is 8.42 Å². The summed E-state index contributed by atoms with van der Waals surface area (Å²) < 4.78 is 28.8. The van der Waals surface area contributed by atoms with E-state index >= 15 is 0 Å². The van der Waals surface area contributed by atoms with Crippen LogP contribution in [0, 0.1) is 13.8 Å². The first-order valence-corrected chi connectivity index (χ1v) is 7.18. The fourth-order valence-electron chi connectivity index (χ4n) is 1.83. The molecule has 0 saturated carbocycles. The van der Waals surface area contributed by atoms with Crippen LogP contribution >= 0.6 is 0 Å². The number of nitrogens with two attached hydrogens (primary N) is 1. The first kappa shape index (κ1) is 13.4. The van der Waals surface area contributed by atoms with Crippen LogP contribution in [0.1, 0.15) is 11.1 Å². The van der Waals surface area contributed by atoms with Gasteiger partial charge in [-0.15, -0.1) is 0 Å². The van der Waals surface area contributed by atoms with Gasteiger partial charge in [-0.25, -0.2) is 8.42 Å². The first-order chi connectivity index (χ1) is 8.83. The molecule has 3 N–H and O–H groups in total. The third kappa shape index (κ3) is 2.41. The summed E-state index contributed by atoms with van der Waals surface area (Å²) >= 11 is 0. The molecule has 7 heteroatoms. The van der Waals surface area contributed by atoms with Crippen molar-refractivity contribution in [2.75, 3.05) is 10.5 Å². The molecule has 0 bridgehead atoms. The molecule has 0 fully saturated rings. The quantitative estimate of drug-likeness (QED) is 0.832. The number of sulfonamides is 1. The van der Waals surface area contributed by atoms with E-state index in [0.29, 0.717) is 11.4 Å². The molecule has 0 saturated heterocycles. The summed E-state index contributed by atoms with van der Waals surface area (Å²) in [4.78, 5) is 0.119. The molecule has 0 aliphatic carbocycles. The molecule has 0 amide bonds. The lowest BCUT2D eigenvalue weighted by molar-refractivity contribution is 0.600. The zero-order valence-corrected chi connectivity index (χ0v) is 11.8. The summed E-state index contributed by atoms with van der Waals surface area (Å²) in [5, 5.41) is 3.92. The van der Waals surface area contributed by atoms with Crippen molar-refractivity contribution in [3.05, 3.63) is 35.5 Å². The number of nitrogens with zero attached hydrogens (tertiary/aromatic N) is 2. The summed E-state index contributed by atoms with van der Waals surface area (Å²) in [6.45, 7) is 3.58. The number of anilines is 2. The zero-order chi connectivity index (χ0) is 14.2. The van der Waals surface area contributed by atoms with Crippen molar-refractivity contribution < 1.29 is 8.42 Å². The van der Waals surface area contributed by atoms with Crippen molar-refractivity contribution in [3.63, 3.8) is 0 Å². The summed E-state index contributed by atoms with van der Waals surface area (Å²) in [7, 11) is -2.07. The highest BCUT2D eigenvalue weighted by atomic mass is 32.2. The van der Waals surface area contributed by atoms with Crippen molar-refractivity contribution in [2.45, 2.75) is 18.7 Å². The maximum Gasteiger partial charge on any atom is 0.265 e. The Morgan fingerprint density at radius 2 is 1.95 bits per heavy atom. The van der Waals surface area contributed by atoms with Crippen LogP contribution in [0.2, 0.25) is 0 Å². The van der Waals surface area contributed by atoms with Gasteiger partial charge in [0.2, 0.25) is 0 Å². The van der Waals surface area contributed by atoms with E-state index < -0.39 is 10.0 Å². The van der Waals surface area contributed by atoms with Gasteiger partial charge in [-0.2, -0.15) is 5.10 Å². The van der Waals surface area contributed by atoms with Gasteiger partial charge >= 0.3 is 0 Å². The lowest BCUT2D eigenvalue weighted by atomic mass is 10.1. The van der Waals surface area contributed by atoms with E-state index in [1.807, 2.05) is 6.92 Å². The van der Waals surface area contributed by atoms with Gasteiger partial charge in [-0.3, -0.25) is 9.40 Å². The highest BCUT2D eigenvalue weighted by Gasteiger charge is 2.22. The Labute approximate surface area is 112 Å². The Hall–Kier alpha value is -2.02. The number of aryl methyl sites for hydroxylation is 2. The Morgan fingerprint density at radius 1 is 1.26 bits per heavy atom. The monoisotopic (exact) mass is 280 g/mol. The Morgan fingerprint density at radius 3 is 2.53 bits per heavy atom. The number of nitrogens with one attached hydrogen (secondary N) is 1. The third-order valence-electron chi connectivity index (χ3n) is 3.04. The normalized spacial score (nSPS) is 11.5. The molecule has 1 heterocycles. The van der Waals surface area contributed by atoms with Crippen molar-refractivity contribution in [3.8, 4) is 0 Å². The number of aromatic nitrogens is 2. The second-order valence-electron chi connectivity index (χ2n) is 4.37. The minimum atomic E-state index is -3.73. The minimum absolute atomic E-state index is 0.119. The Balaban J connectivity index is 2.52. The van der Waals surface area contributed by atoms with Crippen LogP contribution in [0.4, 0.5) is 11.5 Å². The average Bonchev–Trinajstić information content (AvgIpc) is 2.69. The largest absolute Gasteiger partial charge is 0.398 e. The lowest BCUT2D eigenvalue weighted by Crippen LogP contribution is -2.18. The van der Waals surface area contributed by atoms with Crippen LogP contribution in [-0.2, 0) is 17.1 Å². The number of benzene rings is 1. The Bertz CT molecular complexity index is 719. The van der Waals surface area contributed by atoms with E-state index in [1.165, 1.54) is 10.9 Å². The van der Waals surface area contributed by atoms with Crippen LogP contribution in [0.25, 0.3) is 0 Å². The SMILES string of the molecule is Cc1ccc(N)c(S(=O)(=O)Nc2ccnn2C)c1C. The fourth-order valence-corrected chi connectivity index (χ4v) is 3.35. The van der Waals surface area contributed by atoms with Crippen LogP contribution in [0.5, 0.6) is 0 Å². The van der Waals surface area contributed by atoms with Crippen LogP contribution < -0.4 is 10.5 Å². The minimum Gasteiger partial charge on any atom is -0.398 e. The molecular formula is C12H16N4O2S. The molecule has 0 atom stereocenters. The summed E-state index contributed by atoms with van der Waals surface area (Å²) in [6.07, 6.45) is 1.52. The maximum atomic E-state index is 12.4. The number of hydrogen-bond donors (Lipinski definition) is 2. The maximum absolute atomic E-state index is 12.4. The molecule has 0 spiro atoms.